The summed E-state index contributed by atoms with van der Waals surface area (Å²) in [5.74, 6) is -0.139. The van der Waals surface area contributed by atoms with Crippen LogP contribution in [-0.4, -0.2) is 32.9 Å². The molecule has 0 aromatic heterocycles. The lowest BCUT2D eigenvalue weighted by atomic mass is 9.95. The first-order chi connectivity index (χ1) is 13.9. The highest BCUT2D eigenvalue weighted by Crippen LogP contribution is 2.35. The number of hydrogen-bond acceptors (Lipinski definition) is 6. The highest BCUT2D eigenvalue weighted by atomic mass is 32.2. The fraction of sp³-hybridized carbons (Fsp3) is 0.391. The van der Waals surface area contributed by atoms with Gasteiger partial charge in [-0.05, 0) is 68.7 Å². The Labute approximate surface area is 178 Å². The smallest absolute Gasteiger partial charge is 0.344 e. The van der Waals surface area contributed by atoms with Crippen LogP contribution < -0.4 is 4.74 Å². The first-order valence-electron chi connectivity index (χ1n) is 9.66. The van der Waals surface area contributed by atoms with Crippen molar-refractivity contribution in [1.29, 1.82) is 5.26 Å². The van der Waals surface area contributed by atoms with Crippen LogP contribution in [-0.2, 0) is 25.8 Å². The molecule has 2 aromatic carbocycles. The monoisotopic (exact) mass is 429 g/mol. The molecule has 0 N–H and O–H groups in total. The zero-order valence-electron chi connectivity index (χ0n) is 18.0. The molecule has 0 aliphatic carbocycles. The predicted octanol–water partition coefficient (Wildman–Crippen LogP) is 4.30. The molecule has 0 bridgehead atoms. The van der Waals surface area contributed by atoms with Crippen molar-refractivity contribution in [2.24, 2.45) is 0 Å². The minimum atomic E-state index is -3.42. The molecule has 0 aliphatic heterocycles. The van der Waals surface area contributed by atoms with E-state index >= 15 is 0 Å². The van der Waals surface area contributed by atoms with Gasteiger partial charge in [0.2, 0.25) is 0 Å². The van der Waals surface area contributed by atoms with E-state index in [0.29, 0.717) is 22.4 Å². The third-order valence-corrected chi connectivity index (χ3v) is 5.30. The molecule has 7 heteroatoms. The summed E-state index contributed by atoms with van der Waals surface area (Å²) in [6.45, 7) is 7.04. The van der Waals surface area contributed by atoms with Crippen molar-refractivity contribution < 1.29 is 22.7 Å². The molecule has 0 unspecified atom stereocenters. The normalized spacial score (nSPS) is 11.6. The summed E-state index contributed by atoms with van der Waals surface area (Å²) < 4.78 is 35.2. The van der Waals surface area contributed by atoms with Crippen LogP contribution in [0.5, 0.6) is 5.75 Å². The van der Waals surface area contributed by atoms with Gasteiger partial charge in [0.25, 0.3) is 0 Å². The van der Waals surface area contributed by atoms with Gasteiger partial charge in [-0.2, -0.15) is 5.26 Å². The molecule has 30 heavy (non-hydrogen) atoms. The number of benzene rings is 2. The Hall–Kier alpha value is -2.85. The minimum Gasteiger partial charge on any atom is -0.481 e. The van der Waals surface area contributed by atoms with Crippen LogP contribution >= 0.6 is 0 Å². The Balaban J connectivity index is 2.54. The largest absolute Gasteiger partial charge is 0.481 e. The van der Waals surface area contributed by atoms with E-state index in [1.807, 2.05) is 6.92 Å². The molecule has 0 radical (unpaired) electrons. The zero-order valence-corrected chi connectivity index (χ0v) is 18.8. The predicted molar refractivity (Wildman–Crippen MR) is 115 cm³/mol. The number of nitriles is 1. The lowest BCUT2D eigenvalue weighted by molar-refractivity contribution is -0.157. The second-order valence-electron chi connectivity index (χ2n) is 8.04. The highest BCUT2D eigenvalue weighted by molar-refractivity contribution is 7.90. The molecule has 0 spiro atoms. The molecule has 0 heterocycles. The van der Waals surface area contributed by atoms with E-state index in [1.165, 1.54) is 0 Å². The summed E-state index contributed by atoms with van der Waals surface area (Å²) in [7, 11) is -3.42. The van der Waals surface area contributed by atoms with Crippen LogP contribution in [0.4, 0.5) is 0 Å². The van der Waals surface area contributed by atoms with E-state index in [1.54, 1.807) is 57.2 Å². The molecule has 2 aromatic rings. The van der Waals surface area contributed by atoms with Crippen molar-refractivity contribution in [2.75, 3.05) is 12.9 Å². The molecular weight excluding hydrogens is 402 g/mol. The van der Waals surface area contributed by atoms with Gasteiger partial charge in [-0.15, -0.1) is 0 Å². The average molecular weight is 430 g/mol. The van der Waals surface area contributed by atoms with Crippen LogP contribution in [0.2, 0.25) is 0 Å². The molecule has 6 nitrogen and oxygen atoms in total. The fourth-order valence-corrected chi connectivity index (χ4v) is 3.61. The van der Waals surface area contributed by atoms with Gasteiger partial charge in [-0.3, -0.25) is 0 Å². The van der Waals surface area contributed by atoms with Crippen molar-refractivity contribution in [3.05, 3.63) is 47.5 Å². The number of ether oxygens (including phenoxy) is 2. The Morgan fingerprint density at radius 2 is 1.80 bits per heavy atom. The van der Waals surface area contributed by atoms with Crippen molar-refractivity contribution in [1.82, 2.24) is 0 Å². The van der Waals surface area contributed by atoms with Gasteiger partial charge in [0.15, 0.2) is 16.4 Å². The molecule has 160 valence electrons. The van der Waals surface area contributed by atoms with Crippen LogP contribution in [0.25, 0.3) is 11.1 Å². The van der Waals surface area contributed by atoms with E-state index in [2.05, 4.69) is 6.07 Å². The molecule has 0 aliphatic rings. The van der Waals surface area contributed by atoms with E-state index in [9.17, 15) is 18.5 Å². The molecule has 0 atom stereocenters. The molecule has 0 fully saturated rings. The molecule has 0 amide bonds. The van der Waals surface area contributed by atoms with Gasteiger partial charge in [-0.1, -0.05) is 19.4 Å². The Morgan fingerprint density at radius 3 is 2.37 bits per heavy atom. The summed E-state index contributed by atoms with van der Waals surface area (Å²) >= 11 is 0. The third-order valence-electron chi connectivity index (χ3n) is 4.19. The summed E-state index contributed by atoms with van der Waals surface area (Å²) in [6, 6.07) is 11.9. The third kappa shape index (κ3) is 6.33. The van der Waals surface area contributed by atoms with E-state index in [4.69, 9.17) is 9.47 Å². The molecule has 0 saturated heterocycles. The number of nitrogens with zero attached hydrogens (tertiary/aromatic N) is 1. The lowest BCUT2D eigenvalue weighted by Crippen LogP contribution is -2.27. The van der Waals surface area contributed by atoms with Crippen molar-refractivity contribution >= 4 is 15.8 Å². The van der Waals surface area contributed by atoms with Gasteiger partial charge in [-0.25, -0.2) is 13.2 Å². The number of esters is 1. The van der Waals surface area contributed by atoms with Crippen molar-refractivity contribution in [3.8, 4) is 22.9 Å². The van der Waals surface area contributed by atoms with Gasteiger partial charge in [0.05, 0.1) is 16.5 Å². The summed E-state index contributed by atoms with van der Waals surface area (Å²) in [4.78, 5) is 12.3. The number of sulfone groups is 1. The highest BCUT2D eigenvalue weighted by Gasteiger charge is 2.19. The summed E-state index contributed by atoms with van der Waals surface area (Å²) in [6.07, 6.45) is 2.73. The summed E-state index contributed by atoms with van der Waals surface area (Å²) in [5, 5.41) is 9.34. The maximum Gasteiger partial charge on any atom is 0.344 e. The second-order valence-corrected chi connectivity index (χ2v) is 10.1. The van der Waals surface area contributed by atoms with Gasteiger partial charge >= 0.3 is 5.97 Å². The van der Waals surface area contributed by atoms with E-state index in [0.717, 1.165) is 24.7 Å². The topological polar surface area (TPSA) is 93.5 Å². The number of hydrogen-bond donors (Lipinski definition) is 0. The SMILES string of the molecule is CCCc1ccc(S(C)(=O)=O)cc1-c1cc(C#N)ccc1OCC(=O)OC(C)(C)C. The fourth-order valence-electron chi connectivity index (χ4n) is 2.97. The number of carbonyl (C=O) groups excluding carboxylic acids is 1. The first-order valence-corrected chi connectivity index (χ1v) is 11.6. The van der Waals surface area contributed by atoms with E-state index in [-0.39, 0.29) is 11.5 Å². The van der Waals surface area contributed by atoms with Gasteiger partial charge in [0.1, 0.15) is 11.4 Å². The maximum absolute atomic E-state index is 12.1. The molecule has 0 saturated carbocycles. The number of aryl methyl sites for hydroxylation is 1. The minimum absolute atomic E-state index is 0.179. The van der Waals surface area contributed by atoms with Crippen LogP contribution in [0.1, 0.15) is 45.2 Å². The molecule has 2 rings (SSSR count). The first kappa shape index (κ1) is 23.4. The number of rotatable bonds is 7. The van der Waals surface area contributed by atoms with Crippen molar-refractivity contribution in [2.45, 2.75) is 51.0 Å². The molecular formula is C23H27NO5S. The van der Waals surface area contributed by atoms with Gasteiger partial charge < -0.3 is 9.47 Å². The van der Waals surface area contributed by atoms with E-state index < -0.39 is 21.4 Å². The Morgan fingerprint density at radius 1 is 1.10 bits per heavy atom. The maximum atomic E-state index is 12.1. The standard InChI is InChI=1S/C23H27NO5S/c1-6-7-17-9-10-18(30(5,26)27)13-19(17)20-12-16(14-24)8-11-21(20)28-15-22(25)29-23(2,3)4/h8-13H,6-7,15H2,1-5H3. The second kappa shape index (κ2) is 9.31. The zero-order chi connectivity index (χ0) is 22.5. The average Bonchev–Trinajstić information content (AvgIpc) is 2.64. The quantitative estimate of drug-likeness (QED) is 0.609. The lowest BCUT2D eigenvalue weighted by Gasteiger charge is -2.20. The summed E-state index contributed by atoms with van der Waals surface area (Å²) in [5.41, 5.74) is 1.93. The Kier molecular flexibility index (Phi) is 7.27. The van der Waals surface area contributed by atoms with Crippen LogP contribution in [0.3, 0.4) is 0 Å². The van der Waals surface area contributed by atoms with Crippen molar-refractivity contribution in [3.63, 3.8) is 0 Å². The van der Waals surface area contributed by atoms with Crippen LogP contribution in [0, 0.1) is 11.3 Å². The number of carbonyl (C=O) groups is 1. The Bertz CT molecular complexity index is 1080. The van der Waals surface area contributed by atoms with Crippen LogP contribution in [0.15, 0.2) is 41.3 Å². The van der Waals surface area contributed by atoms with Gasteiger partial charge in [0, 0.05) is 11.8 Å².